The summed E-state index contributed by atoms with van der Waals surface area (Å²) in [7, 11) is 4.35. The van der Waals surface area contributed by atoms with Crippen molar-refractivity contribution in [2.75, 3.05) is 38.6 Å². The highest BCUT2D eigenvalue weighted by Gasteiger charge is 2.27. The van der Waals surface area contributed by atoms with Gasteiger partial charge in [0.2, 0.25) is 0 Å². The largest absolute Gasteiger partial charge is 0.355 e. The van der Waals surface area contributed by atoms with Gasteiger partial charge in [0.25, 0.3) is 0 Å². The standard InChI is InChI=1S/C13H21N5/c1-17-6-4-10(8-17)18(2)13-11-7-14-5-3-12(11)15-9-16-13/h9-10,14H,3-8H2,1-2H3. The number of aromatic nitrogens is 2. The van der Waals surface area contributed by atoms with Gasteiger partial charge in [-0.2, -0.15) is 0 Å². The van der Waals surface area contributed by atoms with E-state index in [2.05, 4.69) is 39.2 Å². The van der Waals surface area contributed by atoms with E-state index in [1.54, 1.807) is 6.33 Å². The van der Waals surface area contributed by atoms with E-state index in [0.29, 0.717) is 6.04 Å². The predicted molar refractivity (Wildman–Crippen MR) is 71.7 cm³/mol. The quantitative estimate of drug-likeness (QED) is 0.812. The molecule has 0 bridgehead atoms. The molecule has 1 saturated heterocycles. The minimum Gasteiger partial charge on any atom is -0.355 e. The Morgan fingerprint density at radius 1 is 1.44 bits per heavy atom. The van der Waals surface area contributed by atoms with Gasteiger partial charge in [0.15, 0.2) is 0 Å². The molecule has 0 aromatic carbocycles. The van der Waals surface area contributed by atoms with Crippen LogP contribution in [-0.4, -0.2) is 54.6 Å². The molecule has 1 fully saturated rings. The Bertz CT molecular complexity index is 433. The molecule has 5 heteroatoms. The molecule has 98 valence electrons. The normalized spacial score (nSPS) is 24.0. The van der Waals surface area contributed by atoms with Gasteiger partial charge in [-0.15, -0.1) is 0 Å². The maximum Gasteiger partial charge on any atom is 0.136 e. The number of likely N-dealkylation sites (tertiary alicyclic amines) is 1. The van der Waals surface area contributed by atoms with Gasteiger partial charge in [0.05, 0.1) is 5.69 Å². The lowest BCUT2D eigenvalue weighted by atomic mass is 10.1. The first kappa shape index (κ1) is 11.9. The van der Waals surface area contributed by atoms with Crippen molar-refractivity contribution >= 4 is 5.82 Å². The fourth-order valence-electron chi connectivity index (χ4n) is 2.96. The first-order chi connectivity index (χ1) is 8.75. The van der Waals surface area contributed by atoms with E-state index >= 15 is 0 Å². The monoisotopic (exact) mass is 247 g/mol. The Kier molecular flexibility index (Phi) is 3.18. The number of rotatable bonds is 2. The third-order valence-corrected chi connectivity index (χ3v) is 4.10. The number of hydrogen-bond acceptors (Lipinski definition) is 5. The van der Waals surface area contributed by atoms with Gasteiger partial charge in [-0.1, -0.05) is 0 Å². The predicted octanol–water partition coefficient (Wildman–Crippen LogP) is 0.263. The zero-order chi connectivity index (χ0) is 12.5. The van der Waals surface area contributed by atoms with Crippen molar-refractivity contribution < 1.29 is 0 Å². The van der Waals surface area contributed by atoms with Gasteiger partial charge < -0.3 is 15.1 Å². The number of hydrogen-bond donors (Lipinski definition) is 1. The lowest BCUT2D eigenvalue weighted by Gasteiger charge is -2.29. The van der Waals surface area contributed by atoms with Crippen molar-refractivity contribution in [2.45, 2.75) is 25.4 Å². The molecule has 1 atom stereocenters. The maximum atomic E-state index is 4.52. The number of nitrogens with zero attached hydrogens (tertiary/aromatic N) is 4. The third kappa shape index (κ3) is 2.08. The van der Waals surface area contributed by atoms with Crippen LogP contribution in [-0.2, 0) is 13.0 Å². The van der Waals surface area contributed by atoms with E-state index in [1.807, 2.05) is 0 Å². The Morgan fingerprint density at radius 3 is 3.11 bits per heavy atom. The average Bonchev–Trinajstić information content (AvgIpc) is 2.84. The summed E-state index contributed by atoms with van der Waals surface area (Å²) in [5.41, 5.74) is 2.51. The fraction of sp³-hybridized carbons (Fsp3) is 0.692. The summed E-state index contributed by atoms with van der Waals surface area (Å²) >= 11 is 0. The fourth-order valence-corrected chi connectivity index (χ4v) is 2.96. The molecule has 1 aromatic heterocycles. The number of likely N-dealkylation sites (N-methyl/N-ethyl adjacent to an activating group) is 2. The second kappa shape index (κ2) is 4.82. The smallest absolute Gasteiger partial charge is 0.136 e. The summed E-state index contributed by atoms with van der Waals surface area (Å²) in [6.45, 7) is 4.24. The van der Waals surface area contributed by atoms with Crippen LogP contribution in [0.4, 0.5) is 5.82 Å². The molecule has 1 aromatic rings. The molecule has 5 nitrogen and oxygen atoms in total. The molecule has 0 radical (unpaired) electrons. The highest BCUT2D eigenvalue weighted by Crippen LogP contribution is 2.25. The van der Waals surface area contributed by atoms with Crippen LogP contribution in [0.3, 0.4) is 0 Å². The van der Waals surface area contributed by atoms with E-state index in [0.717, 1.165) is 31.9 Å². The highest BCUT2D eigenvalue weighted by atomic mass is 15.3. The van der Waals surface area contributed by atoms with E-state index in [9.17, 15) is 0 Å². The molecule has 0 aliphatic carbocycles. The van der Waals surface area contributed by atoms with E-state index in [-0.39, 0.29) is 0 Å². The maximum absolute atomic E-state index is 4.52. The Morgan fingerprint density at radius 2 is 2.33 bits per heavy atom. The summed E-state index contributed by atoms with van der Waals surface area (Å²) in [4.78, 5) is 13.7. The van der Waals surface area contributed by atoms with Crippen LogP contribution in [0.5, 0.6) is 0 Å². The van der Waals surface area contributed by atoms with Crippen LogP contribution in [0.15, 0.2) is 6.33 Å². The van der Waals surface area contributed by atoms with E-state index < -0.39 is 0 Å². The zero-order valence-corrected chi connectivity index (χ0v) is 11.2. The Hall–Kier alpha value is -1.20. The molecule has 2 aliphatic rings. The summed E-state index contributed by atoms with van der Waals surface area (Å²) in [6.07, 6.45) is 3.96. The molecule has 0 saturated carbocycles. The summed E-state index contributed by atoms with van der Waals surface area (Å²) in [5.74, 6) is 1.12. The molecule has 1 N–H and O–H groups in total. The third-order valence-electron chi connectivity index (χ3n) is 4.10. The molecule has 3 rings (SSSR count). The first-order valence-corrected chi connectivity index (χ1v) is 6.70. The van der Waals surface area contributed by atoms with Crippen LogP contribution < -0.4 is 10.2 Å². The zero-order valence-electron chi connectivity index (χ0n) is 11.2. The van der Waals surface area contributed by atoms with Crippen molar-refractivity contribution in [1.82, 2.24) is 20.2 Å². The average molecular weight is 247 g/mol. The molecular weight excluding hydrogens is 226 g/mol. The molecule has 2 aliphatic heterocycles. The molecule has 0 amide bonds. The van der Waals surface area contributed by atoms with Crippen molar-refractivity contribution in [3.8, 4) is 0 Å². The van der Waals surface area contributed by atoms with Crippen LogP contribution in [0, 0.1) is 0 Å². The van der Waals surface area contributed by atoms with E-state index in [4.69, 9.17) is 0 Å². The van der Waals surface area contributed by atoms with Crippen LogP contribution in [0.1, 0.15) is 17.7 Å². The topological polar surface area (TPSA) is 44.3 Å². The SMILES string of the molecule is CN1CCC(N(C)c2ncnc3c2CNCC3)C1. The summed E-state index contributed by atoms with van der Waals surface area (Å²) in [5, 5.41) is 3.42. The van der Waals surface area contributed by atoms with Gasteiger partial charge in [-0.25, -0.2) is 9.97 Å². The highest BCUT2D eigenvalue weighted by molar-refractivity contribution is 5.49. The molecule has 0 spiro atoms. The molecule has 18 heavy (non-hydrogen) atoms. The number of anilines is 1. The summed E-state index contributed by atoms with van der Waals surface area (Å²) in [6, 6.07) is 0.580. The van der Waals surface area contributed by atoms with E-state index in [1.165, 1.54) is 24.2 Å². The van der Waals surface area contributed by atoms with Crippen LogP contribution in [0.25, 0.3) is 0 Å². The molecular formula is C13H21N5. The lowest BCUT2D eigenvalue weighted by molar-refractivity contribution is 0.409. The van der Waals surface area contributed by atoms with Gasteiger partial charge in [0.1, 0.15) is 12.1 Å². The van der Waals surface area contributed by atoms with Crippen molar-refractivity contribution in [1.29, 1.82) is 0 Å². The van der Waals surface area contributed by atoms with Gasteiger partial charge in [0, 0.05) is 44.7 Å². The van der Waals surface area contributed by atoms with Crippen molar-refractivity contribution in [2.24, 2.45) is 0 Å². The second-order valence-corrected chi connectivity index (χ2v) is 5.36. The van der Waals surface area contributed by atoms with Crippen LogP contribution in [0.2, 0.25) is 0 Å². The number of nitrogens with one attached hydrogen (secondary N) is 1. The first-order valence-electron chi connectivity index (χ1n) is 6.70. The minimum absolute atomic E-state index is 0.580. The van der Waals surface area contributed by atoms with Crippen molar-refractivity contribution in [3.63, 3.8) is 0 Å². The van der Waals surface area contributed by atoms with Crippen LogP contribution >= 0.6 is 0 Å². The van der Waals surface area contributed by atoms with Gasteiger partial charge in [-0.05, 0) is 20.0 Å². The van der Waals surface area contributed by atoms with Crippen molar-refractivity contribution in [3.05, 3.63) is 17.6 Å². The minimum atomic E-state index is 0.580. The molecule has 1 unspecified atom stereocenters. The Labute approximate surface area is 108 Å². The Balaban J connectivity index is 1.87. The van der Waals surface area contributed by atoms with Gasteiger partial charge in [-0.3, -0.25) is 0 Å². The number of fused-ring (bicyclic) bond motifs is 1. The van der Waals surface area contributed by atoms with Gasteiger partial charge >= 0.3 is 0 Å². The second-order valence-electron chi connectivity index (χ2n) is 5.36. The summed E-state index contributed by atoms with van der Waals surface area (Å²) < 4.78 is 0. The lowest BCUT2D eigenvalue weighted by Crippen LogP contribution is -2.36. The molecule has 3 heterocycles.